The highest BCUT2D eigenvalue weighted by molar-refractivity contribution is 5.25. The van der Waals surface area contributed by atoms with Crippen molar-refractivity contribution in [2.45, 2.75) is 88.6 Å². The summed E-state index contributed by atoms with van der Waals surface area (Å²) in [6, 6.07) is 21.5. The van der Waals surface area contributed by atoms with E-state index in [9.17, 15) is 0 Å². The summed E-state index contributed by atoms with van der Waals surface area (Å²) in [6.07, 6.45) is 13.1. The second-order valence-electron chi connectivity index (χ2n) is 8.45. The molecule has 2 aliphatic carbocycles. The van der Waals surface area contributed by atoms with Gasteiger partial charge in [0, 0.05) is 0 Å². The van der Waals surface area contributed by atoms with E-state index in [1.807, 2.05) is 0 Å². The fourth-order valence-electron chi connectivity index (χ4n) is 4.75. The summed E-state index contributed by atoms with van der Waals surface area (Å²) < 4.78 is 13.6. The van der Waals surface area contributed by atoms with Gasteiger partial charge in [-0.25, -0.2) is 0 Å². The molecule has 2 atom stereocenters. The smallest absolute Gasteiger partial charge is 0.113 e. The quantitative estimate of drug-likeness (QED) is 0.508. The molecule has 2 heteroatoms. The van der Waals surface area contributed by atoms with Crippen molar-refractivity contribution < 1.29 is 9.47 Å². The number of rotatable bonds is 7. The van der Waals surface area contributed by atoms with Gasteiger partial charge in [-0.2, -0.15) is 0 Å². The monoisotopic (exact) mass is 378 g/mol. The second-order valence-corrected chi connectivity index (χ2v) is 8.45. The lowest BCUT2D eigenvalue weighted by Crippen LogP contribution is -2.28. The molecule has 2 aromatic carbocycles. The maximum Gasteiger partial charge on any atom is 0.113 e. The minimum absolute atomic E-state index is 0.0476. The standard InChI is InChI=1S/C26H34O2/c1-5-13-21(14-6-1)25(27-23-17-9-3-10-18-23)26(22-15-7-2-8-16-22)28-24-19-11-4-12-20-24/h1-2,5-8,13-16,23-26H,3-4,9-12,17-20H2. The van der Waals surface area contributed by atoms with Crippen LogP contribution >= 0.6 is 0 Å². The highest BCUT2D eigenvalue weighted by Crippen LogP contribution is 2.40. The van der Waals surface area contributed by atoms with Crippen LogP contribution in [-0.2, 0) is 9.47 Å². The van der Waals surface area contributed by atoms with Gasteiger partial charge in [0.2, 0.25) is 0 Å². The number of hydrogen-bond donors (Lipinski definition) is 0. The van der Waals surface area contributed by atoms with Gasteiger partial charge in [-0.3, -0.25) is 0 Å². The molecule has 0 aliphatic heterocycles. The molecule has 2 nitrogen and oxygen atoms in total. The minimum atomic E-state index is -0.0476. The molecule has 0 radical (unpaired) electrons. The van der Waals surface area contributed by atoms with E-state index in [1.54, 1.807) is 0 Å². The lowest BCUT2D eigenvalue weighted by atomic mass is 9.93. The van der Waals surface area contributed by atoms with Crippen LogP contribution in [0.25, 0.3) is 0 Å². The Morgan fingerprint density at radius 2 is 0.857 bits per heavy atom. The maximum absolute atomic E-state index is 6.81. The summed E-state index contributed by atoms with van der Waals surface area (Å²) in [4.78, 5) is 0. The zero-order valence-corrected chi connectivity index (χ0v) is 17.0. The predicted octanol–water partition coefficient (Wildman–Crippen LogP) is 7.17. The van der Waals surface area contributed by atoms with Crippen LogP contribution in [0.4, 0.5) is 0 Å². The molecule has 0 spiro atoms. The summed E-state index contributed by atoms with van der Waals surface area (Å²) in [5.41, 5.74) is 2.47. The largest absolute Gasteiger partial charge is 0.367 e. The van der Waals surface area contributed by atoms with Gasteiger partial charge in [0.1, 0.15) is 12.2 Å². The van der Waals surface area contributed by atoms with Crippen molar-refractivity contribution in [1.29, 1.82) is 0 Å². The van der Waals surface area contributed by atoms with Crippen LogP contribution < -0.4 is 0 Å². The van der Waals surface area contributed by atoms with E-state index in [4.69, 9.17) is 9.47 Å². The molecule has 28 heavy (non-hydrogen) atoms. The van der Waals surface area contributed by atoms with E-state index in [1.165, 1.54) is 75.3 Å². The average molecular weight is 379 g/mol. The van der Waals surface area contributed by atoms with Crippen molar-refractivity contribution in [2.24, 2.45) is 0 Å². The molecule has 0 amide bonds. The lowest BCUT2D eigenvalue weighted by Gasteiger charge is -2.36. The molecule has 2 aliphatic rings. The first-order valence-corrected chi connectivity index (χ1v) is 11.3. The molecule has 4 rings (SSSR count). The molecule has 0 heterocycles. The summed E-state index contributed by atoms with van der Waals surface area (Å²) in [6.45, 7) is 0. The van der Waals surface area contributed by atoms with Crippen LogP contribution in [0.1, 0.15) is 87.5 Å². The molecule has 0 saturated heterocycles. The molecule has 2 aromatic rings. The lowest BCUT2D eigenvalue weighted by molar-refractivity contribution is -0.140. The molecule has 0 bridgehead atoms. The Bertz CT molecular complexity index is 611. The Morgan fingerprint density at radius 3 is 1.21 bits per heavy atom. The summed E-state index contributed by atoms with van der Waals surface area (Å²) >= 11 is 0. The van der Waals surface area contributed by atoms with Crippen LogP contribution in [0, 0.1) is 0 Å². The van der Waals surface area contributed by atoms with Gasteiger partial charge in [0.05, 0.1) is 12.2 Å². The maximum atomic E-state index is 6.81. The van der Waals surface area contributed by atoms with Crippen molar-refractivity contribution in [3.05, 3.63) is 71.8 Å². The topological polar surface area (TPSA) is 18.5 Å². The Morgan fingerprint density at radius 1 is 0.500 bits per heavy atom. The van der Waals surface area contributed by atoms with E-state index in [2.05, 4.69) is 60.7 Å². The van der Waals surface area contributed by atoms with Gasteiger partial charge >= 0.3 is 0 Å². The van der Waals surface area contributed by atoms with E-state index in [-0.39, 0.29) is 12.2 Å². The summed E-state index contributed by atoms with van der Waals surface area (Å²) in [7, 11) is 0. The Hall–Kier alpha value is -1.64. The molecular weight excluding hydrogens is 344 g/mol. The van der Waals surface area contributed by atoms with Gasteiger partial charge in [0.15, 0.2) is 0 Å². The van der Waals surface area contributed by atoms with Crippen LogP contribution in [0.15, 0.2) is 60.7 Å². The predicted molar refractivity (Wildman–Crippen MR) is 114 cm³/mol. The fraction of sp³-hybridized carbons (Fsp3) is 0.538. The Labute approximate surface area is 170 Å². The van der Waals surface area contributed by atoms with Crippen molar-refractivity contribution in [1.82, 2.24) is 0 Å². The van der Waals surface area contributed by atoms with Gasteiger partial charge in [-0.1, -0.05) is 99.2 Å². The van der Waals surface area contributed by atoms with Crippen LogP contribution in [0.5, 0.6) is 0 Å². The first kappa shape index (κ1) is 19.7. The first-order valence-electron chi connectivity index (χ1n) is 11.3. The highest BCUT2D eigenvalue weighted by Gasteiger charge is 2.32. The van der Waals surface area contributed by atoms with Crippen LogP contribution in [0.3, 0.4) is 0 Å². The van der Waals surface area contributed by atoms with Gasteiger partial charge < -0.3 is 9.47 Å². The number of ether oxygens (including phenoxy) is 2. The average Bonchev–Trinajstić information content (AvgIpc) is 2.79. The molecular formula is C26H34O2. The third kappa shape index (κ3) is 5.24. The minimum Gasteiger partial charge on any atom is -0.367 e. The van der Waals surface area contributed by atoms with E-state index >= 15 is 0 Å². The molecule has 0 N–H and O–H groups in total. The van der Waals surface area contributed by atoms with Crippen molar-refractivity contribution >= 4 is 0 Å². The first-order chi connectivity index (χ1) is 13.9. The normalized spacial score (nSPS) is 21.3. The van der Waals surface area contributed by atoms with Crippen molar-refractivity contribution in [2.75, 3.05) is 0 Å². The van der Waals surface area contributed by atoms with E-state index in [0.29, 0.717) is 12.2 Å². The van der Waals surface area contributed by atoms with Gasteiger partial charge in [0.25, 0.3) is 0 Å². The molecule has 0 aromatic heterocycles. The Balaban J connectivity index is 1.62. The third-order valence-corrected chi connectivity index (χ3v) is 6.31. The highest BCUT2D eigenvalue weighted by atomic mass is 16.6. The van der Waals surface area contributed by atoms with Gasteiger partial charge in [-0.05, 0) is 36.8 Å². The molecule has 2 fully saturated rings. The van der Waals surface area contributed by atoms with Crippen molar-refractivity contribution in [3.63, 3.8) is 0 Å². The molecule has 2 unspecified atom stereocenters. The summed E-state index contributed by atoms with van der Waals surface area (Å²) in [5.74, 6) is 0. The van der Waals surface area contributed by atoms with Gasteiger partial charge in [-0.15, -0.1) is 0 Å². The van der Waals surface area contributed by atoms with E-state index < -0.39 is 0 Å². The number of benzene rings is 2. The number of hydrogen-bond acceptors (Lipinski definition) is 2. The zero-order valence-electron chi connectivity index (χ0n) is 17.0. The van der Waals surface area contributed by atoms with E-state index in [0.717, 1.165) is 0 Å². The summed E-state index contributed by atoms with van der Waals surface area (Å²) in [5, 5.41) is 0. The second kappa shape index (κ2) is 10.2. The molecule has 2 saturated carbocycles. The van der Waals surface area contributed by atoms with Crippen LogP contribution in [0.2, 0.25) is 0 Å². The third-order valence-electron chi connectivity index (χ3n) is 6.31. The zero-order chi connectivity index (χ0) is 19.0. The Kier molecular flexibility index (Phi) is 7.18. The van der Waals surface area contributed by atoms with Crippen molar-refractivity contribution in [3.8, 4) is 0 Å². The fourth-order valence-corrected chi connectivity index (χ4v) is 4.75. The van der Waals surface area contributed by atoms with Crippen LogP contribution in [-0.4, -0.2) is 12.2 Å². The SMILES string of the molecule is c1ccc(C(OC2CCCCC2)C(OC2CCCCC2)c2ccccc2)cc1. The molecule has 150 valence electrons.